The molecule has 2 rings (SSSR count). The summed E-state index contributed by atoms with van der Waals surface area (Å²) in [4.78, 5) is 0. The summed E-state index contributed by atoms with van der Waals surface area (Å²) in [5.74, 6) is 1.26. The zero-order chi connectivity index (χ0) is 13.2. The quantitative estimate of drug-likeness (QED) is 0.903. The first-order valence-electron chi connectivity index (χ1n) is 5.57. The number of aliphatic hydroxyl groups is 1. The van der Waals surface area contributed by atoms with Crippen molar-refractivity contribution in [2.24, 2.45) is 0 Å². The van der Waals surface area contributed by atoms with Gasteiger partial charge < -0.3 is 19.0 Å². The van der Waals surface area contributed by atoms with Gasteiger partial charge in [0.2, 0.25) is 0 Å². The van der Waals surface area contributed by atoms with E-state index in [1.54, 1.807) is 45.4 Å². The van der Waals surface area contributed by atoms with Crippen molar-refractivity contribution in [1.82, 2.24) is 0 Å². The van der Waals surface area contributed by atoms with Crippen LogP contribution < -0.4 is 9.47 Å². The highest BCUT2D eigenvalue weighted by atomic mass is 16.5. The summed E-state index contributed by atoms with van der Waals surface area (Å²) in [6.45, 7) is 1.69. The molecule has 96 valence electrons. The molecule has 1 atom stereocenters. The number of methoxy groups -OCH3 is 2. The summed E-state index contributed by atoms with van der Waals surface area (Å²) in [7, 11) is 3.15. The summed E-state index contributed by atoms with van der Waals surface area (Å²) in [5, 5.41) is 10.7. The van der Waals surface area contributed by atoms with Crippen LogP contribution in [0.25, 0.3) is 0 Å². The molecule has 0 aliphatic carbocycles. The van der Waals surface area contributed by atoms with Crippen LogP contribution in [0, 0.1) is 0 Å². The molecule has 0 saturated heterocycles. The lowest BCUT2D eigenvalue weighted by atomic mass is 9.89. The maximum Gasteiger partial charge on any atom is 0.125 e. The van der Waals surface area contributed by atoms with Crippen molar-refractivity contribution in [2.75, 3.05) is 14.2 Å². The Balaban J connectivity index is 2.54. The minimum Gasteiger partial charge on any atom is -0.497 e. The van der Waals surface area contributed by atoms with Gasteiger partial charge in [-0.25, -0.2) is 0 Å². The van der Waals surface area contributed by atoms with Gasteiger partial charge in [-0.2, -0.15) is 0 Å². The molecule has 0 radical (unpaired) electrons. The fourth-order valence-electron chi connectivity index (χ4n) is 1.89. The van der Waals surface area contributed by atoms with Crippen LogP contribution in [-0.2, 0) is 5.60 Å². The highest BCUT2D eigenvalue weighted by molar-refractivity contribution is 5.47. The zero-order valence-corrected chi connectivity index (χ0v) is 10.6. The highest BCUT2D eigenvalue weighted by Gasteiger charge is 2.30. The Hall–Kier alpha value is -1.94. The molecule has 4 nitrogen and oxygen atoms in total. The lowest BCUT2D eigenvalue weighted by Crippen LogP contribution is -2.23. The zero-order valence-electron chi connectivity index (χ0n) is 10.6. The van der Waals surface area contributed by atoms with Gasteiger partial charge in [-0.05, 0) is 31.2 Å². The molecule has 0 spiro atoms. The van der Waals surface area contributed by atoms with Gasteiger partial charge in [0.25, 0.3) is 0 Å². The molecule has 1 unspecified atom stereocenters. The number of rotatable bonds is 4. The van der Waals surface area contributed by atoms with Crippen LogP contribution in [0.4, 0.5) is 0 Å². The molecule has 0 bridgehead atoms. The number of hydrogen-bond acceptors (Lipinski definition) is 4. The smallest absolute Gasteiger partial charge is 0.125 e. The van der Waals surface area contributed by atoms with Crippen LogP contribution in [0.3, 0.4) is 0 Å². The Morgan fingerprint density at radius 2 is 1.94 bits per heavy atom. The molecule has 18 heavy (non-hydrogen) atoms. The van der Waals surface area contributed by atoms with Gasteiger partial charge in [0.15, 0.2) is 0 Å². The second-order valence-corrected chi connectivity index (χ2v) is 4.15. The molecule has 2 aromatic rings. The molecular weight excluding hydrogens is 232 g/mol. The van der Waals surface area contributed by atoms with E-state index in [1.165, 1.54) is 12.5 Å². The lowest BCUT2D eigenvalue weighted by molar-refractivity contribution is 0.0979. The molecule has 0 aliphatic heterocycles. The third-order valence-electron chi connectivity index (χ3n) is 3.01. The monoisotopic (exact) mass is 248 g/mol. The van der Waals surface area contributed by atoms with E-state index < -0.39 is 5.60 Å². The molecule has 0 amide bonds. The van der Waals surface area contributed by atoms with Crippen LogP contribution in [0.5, 0.6) is 11.5 Å². The van der Waals surface area contributed by atoms with Crippen molar-refractivity contribution in [3.05, 3.63) is 47.9 Å². The number of furan rings is 1. The predicted octanol–water partition coefficient (Wildman–Crippen LogP) is 2.55. The van der Waals surface area contributed by atoms with Crippen LogP contribution in [-0.4, -0.2) is 19.3 Å². The first-order valence-corrected chi connectivity index (χ1v) is 5.57. The number of ether oxygens (including phenoxy) is 2. The third-order valence-corrected chi connectivity index (χ3v) is 3.01. The Morgan fingerprint density at radius 3 is 2.50 bits per heavy atom. The second-order valence-electron chi connectivity index (χ2n) is 4.15. The summed E-state index contributed by atoms with van der Waals surface area (Å²) in [6, 6.07) is 7.03. The van der Waals surface area contributed by atoms with Gasteiger partial charge in [-0.3, -0.25) is 0 Å². The molecule has 1 aromatic heterocycles. The Bertz CT molecular complexity index is 515. The van der Waals surface area contributed by atoms with Gasteiger partial charge in [0.1, 0.15) is 17.1 Å². The largest absolute Gasteiger partial charge is 0.497 e. The molecule has 1 aromatic carbocycles. The summed E-state index contributed by atoms with van der Waals surface area (Å²) in [5.41, 5.74) is 0.0900. The standard InChI is InChI=1S/C14H16O4/c1-14(15,10-6-7-18-9-10)12-8-11(16-2)4-5-13(12)17-3/h4-9,15H,1-3H3. The van der Waals surface area contributed by atoms with Crippen molar-refractivity contribution in [1.29, 1.82) is 0 Å². The third kappa shape index (κ3) is 2.07. The number of hydrogen-bond donors (Lipinski definition) is 1. The van der Waals surface area contributed by atoms with E-state index in [0.29, 0.717) is 22.6 Å². The SMILES string of the molecule is COc1ccc(OC)c(C(C)(O)c2ccoc2)c1. The van der Waals surface area contributed by atoms with Crippen molar-refractivity contribution in [2.45, 2.75) is 12.5 Å². The Labute approximate surface area is 106 Å². The molecule has 0 saturated carbocycles. The van der Waals surface area contributed by atoms with E-state index in [1.807, 2.05) is 0 Å². The minimum atomic E-state index is -1.20. The van der Waals surface area contributed by atoms with Crippen molar-refractivity contribution >= 4 is 0 Å². The maximum atomic E-state index is 10.7. The summed E-state index contributed by atoms with van der Waals surface area (Å²) < 4.78 is 15.5. The normalized spacial score (nSPS) is 14.0. The summed E-state index contributed by atoms with van der Waals surface area (Å²) in [6.07, 6.45) is 3.04. The topological polar surface area (TPSA) is 51.8 Å². The van der Waals surface area contributed by atoms with Gasteiger partial charge in [-0.15, -0.1) is 0 Å². The molecule has 0 fully saturated rings. The van der Waals surface area contributed by atoms with E-state index in [9.17, 15) is 5.11 Å². The minimum absolute atomic E-state index is 0.599. The van der Waals surface area contributed by atoms with Crippen molar-refractivity contribution in [3.63, 3.8) is 0 Å². The lowest BCUT2D eigenvalue weighted by Gasteiger charge is -2.25. The van der Waals surface area contributed by atoms with Crippen molar-refractivity contribution < 1.29 is 19.0 Å². The molecular formula is C14H16O4. The second kappa shape index (κ2) is 4.74. The Kier molecular flexibility index (Phi) is 3.30. The average molecular weight is 248 g/mol. The van der Waals surface area contributed by atoms with Gasteiger partial charge in [0.05, 0.1) is 26.7 Å². The highest BCUT2D eigenvalue weighted by Crippen LogP contribution is 2.37. The van der Waals surface area contributed by atoms with Crippen LogP contribution in [0.15, 0.2) is 41.2 Å². The maximum absolute atomic E-state index is 10.7. The van der Waals surface area contributed by atoms with Gasteiger partial charge >= 0.3 is 0 Å². The first kappa shape index (κ1) is 12.5. The first-order chi connectivity index (χ1) is 8.59. The van der Waals surface area contributed by atoms with Crippen molar-refractivity contribution in [3.8, 4) is 11.5 Å². The van der Waals surface area contributed by atoms with Crippen LogP contribution in [0.2, 0.25) is 0 Å². The molecule has 1 heterocycles. The predicted molar refractivity (Wildman–Crippen MR) is 66.9 cm³/mol. The van der Waals surface area contributed by atoms with Gasteiger partial charge in [-0.1, -0.05) is 0 Å². The van der Waals surface area contributed by atoms with Gasteiger partial charge in [0, 0.05) is 11.1 Å². The van der Waals surface area contributed by atoms with Crippen LogP contribution in [0.1, 0.15) is 18.1 Å². The summed E-state index contributed by atoms with van der Waals surface area (Å²) >= 11 is 0. The molecule has 0 aliphatic rings. The Morgan fingerprint density at radius 1 is 1.17 bits per heavy atom. The van der Waals surface area contributed by atoms with E-state index >= 15 is 0 Å². The average Bonchev–Trinajstić information content (AvgIpc) is 2.92. The van der Waals surface area contributed by atoms with E-state index in [4.69, 9.17) is 13.9 Å². The molecule has 4 heteroatoms. The van der Waals surface area contributed by atoms with E-state index in [-0.39, 0.29) is 0 Å². The molecule has 1 N–H and O–H groups in total. The van der Waals surface area contributed by atoms with E-state index in [0.717, 1.165) is 0 Å². The fraction of sp³-hybridized carbons (Fsp3) is 0.286. The fourth-order valence-corrected chi connectivity index (χ4v) is 1.89. The van der Waals surface area contributed by atoms with Crippen LogP contribution >= 0.6 is 0 Å². The number of benzene rings is 1. The van der Waals surface area contributed by atoms with E-state index in [2.05, 4.69) is 0 Å².